The van der Waals surface area contributed by atoms with E-state index >= 15 is 0 Å². The zero-order chi connectivity index (χ0) is 18.9. The molecule has 1 fully saturated rings. The highest BCUT2D eigenvalue weighted by molar-refractivity contribution is 5.04. The Kier molecular flexibility index (Phi) is 8.94. The molecule has 2 rings (SSSR count). The molecule has 2 heterocycles. The van der Waals surface area contributed by atoms with Gasteiger partial charge >= 0.3 is 0 Å². The molecule has 5 N–H and O–H groups in total. The second-order valence-electron chi connectivity index (χ2n) is 7.25. The highest BCUT2D eigenvalue weighted by Gasteiger charge is 2.44. The third-order valence-electron chi connectivity index (χ3n) is 5.27. The molecule has 1 aromatic heterocycles. The van der Waals surface area contributed by atoms with Crippen LogP contribution in [0.1, 0.15) is 69.9 Å². The van der Waals surface area contributed by atoms with Crippen molar-refractivity contribution in [3.63, 3.8) is 0 Å². The number of nitrogens with zero attached hydrogens (tertiary/aromatic N) is 2. The first-order chi connectivity index (χ1) is 12.6. The smallest absolute Gasteiger partial charge is 0.111 e. The van der Waals surface area contributed by atoms with E-state index in [0.29, 0.717) is 6.42 Å². The van der Waals surface area contributed by atoms with Crippen molar-refractivity contribution in [2.24, 2.45) is 0 Å². The Labute approximate surface area is 154 Å². The van der Waals surface area contributed by atoms with Crippen molar-refractivity contribution in [2.45, 2.75) is 94.7 Å². The quantitative estimate of drug-likeness (QED) is 0.365. The van der Waals surface area contributed by atoms with Crippen LogP contribution in [0.15, 0.2) is 6.20 Å². The number of H-pyrrole nitrogens is 1. The first-order valence-electron chi connectivity index (χ1n) is 9.75. The van der Waals surface area contributed by atoms with E-state index in [4.69, 9.17) is 4.74 Å². The number of rotatable bonds is 11. The number of aliphatic hydroxyl groups excluding tert-OH is 4. The molecule has 26 heavy (non-hydrogen) atoms. The van der Waals surface area contributed by atoms with Crippen LogP contribution in [0.3, 0.4) is 0 Å². The molecular formula is C18H33N3O5. The summed E-state index contributed by atoms with van der Waals surface area (Å²) >= 11 is 0. The number of aromatic nitrogens is 3. The fraction of sp³-hybridized carbons (Fsp3) is 0.889. The van der Waals surface area contributed by atoms with Crippen LogP contribution in [0, 0.1) is 0 Å². The molecular weight excluding hydrogens is 338 g/mol. The molecule has 150 valence electrons. The maximum Gasteiger partial charge on any atom is 0.111 e. The van der Waals surface area contributed by atoms with Gasteiger partial charge in [0.05, 0.1) is 18.4 Å². The standard InChI is InChI=1S/C18H33N3O5/c1-2-3-4-5-6-7-8-12(13-10-19-21-20-13)9-14-16(23)18(25)17(24)15(11-22)26-14/h10,12,14-18,22-25H,2-9,11H2,1H3,(H,19,20,21)/t12?,14?,15-,16+,17-,18-/m1/s1. The normalized spacial score (nSPS) is 30.4. The number of aromatic amines is 1. The fourth-order valence-electron chi connectivity index (χ4n) is 3.62. The Balaban J connectivity index is 1.93. The lowest BCUT2D eigenvalue weighted by Crippen LogP contribution is -2.58. The topological polar surface area (TPSA) is 132 Å². The Bertz CT molecular complexity index is 485. The van der Waals surface area contributed by atoms with Crippen LogP contribution in [-0.2, 0) is 4.74 Å². The predicted octanol–water partition coefficient (Wildman–Crippen LogP) is 0.871. The molecule has 0 radical (unpaired) electrons. The van der Waals surface area contributed by atoms with Gasteiger partial charge in [-0.1, -0.05) is 50.7 Å². The highest BCUT2D eigenvalue weighted by atomic mass is 16.5. The van der Waals surface area contributed by atoms with E-state index in [2.05, 4.69) is 22.3 Å². The van der Waals surface area contributed by atoms with Gasteiger partial charge in [-0.3, -0.25) is 5.10 Å². The molecule has 0 bridgehead atoms. The third kappa shape index (κ3) is 5.72. The van der Waals surface area contributed by atoms with Gasteiger partial charge < -0.3 is 25.2 Å². The van der Waals surface area contributed by atoms with Crippen molar-refractivity contribution < 1.29 is 25.2 Å². The maximum atomic E-state index is 10.3. The average molecular weight is 371 g/mol. The van der Waals surface area contributed by atoms with Crippen molar-refractivity contribution in [3.05, 3.63) is 11.9 Å². The third-order valence-corrected chi connectivity index (χ3v) is 5.27. The molecule has 6 atom stereocenters. The molecule has 1 saturated heterocycles. The van der Waals surface area contributed by atoms with Crippen molar-refractivity contribution in [1.29, 1.82) is 0 Å². The minimum atomic E-state index is -1.34. The lowest BCUT2D eigenvalue weighted by atomic mass is 9.86. The van der Waals surface area contributed by atoms with Gasteiger partial charge in [0.1, 0.15) is 24.4 Å². The summed E-state index contributed by atoms with van der Waals surface area (Å²) in [6.45, 7) is 1.79. The molecule has 8 heteroatoms. The average Bonchev–Trinajstić information content (AvgIpc) is 3.18. The summed E-state index contributed by atoms with van der Waals surface area (Å²) in [5, 5.41) is 50.1. The van der Waals surface area contributed by atoms with Gasteiger partial charge in [0.15, 0.2) is 0 Å². The summed E-state index contributed by atoms with van der Waals surface area (Å²) in [7, 11) is 0. The van der Waals surface area contributed by atoms with Crippen LogP contribution in [0.4, 0.5) is 0 Å². The van der Waals surface area contributed by atoms with Crippen LogP contribution in [-0.4, -0.2) is 73.0 Å². The van der Waals surface area contributed by atoms with Crippen molar-refractivity contribution in [1.82, 2.24) is 15.4 Å². The van der Waals surface area contributed by atoms with E-state index in [1.165, 1.54) is 25.7 Å². The van der Waals surface area contributed by atoms with Crippen LogP contribution in [0.2, 0.25) is 0 Å². The first-order valence-corrected chi connectivity index (χ1v) is 9.75. The Morgan fingerprint density at radius 3 is 2.38 bits per heavy atom. The zero-order valence-electron chi connectivity index (χ0n) is 15.5. The number of nitrogens with one attached hydrogen (secondary N) is 1. The molecule has 0 aliphatic carbocycles. The molecule has 1 aliphatic rings. The van der Waals surface area contributed by atoms with Gasteiger partial charge in [0, 0.05) is 12.1 Å². The Morgan fingerprint density at radius 1 is 1.04 bits per heavy atom. The summed E-state index contributed by atoms with van der Waals surface area (Å²) in [5.74, 6) is 0.0290. The molecule has 0 aromatic carbocycles. The zero-order valence-corrected chi connectivity index (χ0v) is 15.5. The van der Waals surface area contributed by atoms with Crippen LogP contribution in [0.5, 0.6) is 0 Å². The number of unbranched alkanes of at least 4 members (excludes halogenated alkanes) is 5. The van der Waals surface area contributed by atoms with Gasteiger partial charge in [-0.2, -0.15) is 0 Å². The van der Waals surface area contributed by atoms with E-state index in [9.17, 15) is 20.4 Å². The lowest BCUT2D eigenvalue weighted by molar-refractivity contribution is -0.231. The molecule has 1 aromatic rings. The van der Waals surface area contributed by atoms with Gasteiger partial charge in [-0.25, -0.2) is 0 Å². The summed E-state index contributed by atoms with van der Waals surface area (Å²) in [6, 6.07) is 0. The Morgan fingerprint density at radius 2 is 1.73 bits per heavy atom. The van der Waals surface area contributed by atoms with Gasteiger partial charge in [0.25, 0.3) is 0 Å². The minimum Gasteiger partial charge on any atom is -0.394 e. The van der Waals surface area contributed by atoms with E-state index < -0.39 is 37.1 Å². The molecule has 8 nitrogen and oxygen atoms in total. The molecule has 2 unspecified atom stereocenters. The van der Waals surface area contributed by atoms with Crippen molar-refractivity contribution in [2.75, 3.05) is 6.61 Å². The van der Waals surface area contributed by atoms with Gasteiger partial charge in [-0.05, 0) is 12.8 Å². The molecule has 0 saturated carbocycles. The van der Waals surface area contributed by atoms with Gasteiger partial charge in [-0.15, -0.1) is 5.10 Å². The lowest BCUT2D eigenvalue weighted by Gasteiger charge is -2.41. The molecule has 0 amide bonds. The summed E-state index contributed by atoms with van der Waals surface area (Å²) in [6.07, 6.45) is 4.79. The van der Waals surface area contributed by atoms with Crippen molar-refractivity contribution >= 4 is 0 Å². The van der Waals surface area contributed by atoms with Crippen LogP contribution in [0.25, 0.3) is 0 Å². The van der Waals surface area contributed by atoms with Gasteiger partial charge in [0.2, 0.25) is 0 Å². The maximum absolute atomic E-state index is 10.3. The highest BCUT2D eigenvalue weighted by Crippen LogP contribution is 2.32. The van der Waals surface area contributed by atoms with Crippen molar-refractivity contribution in [3.8, 4) is 0 Å². The van der Waals surface area contributed by atoms with E-state index in [0.717, 1.165) is 25.0 Å². The summed E-state index contributed by atoms with van der Waals surface area (Å²) in [5.41, 5.74) is 0.801. The van der Waals surface area contributed by atoms with Crippen LogP contribution < -0.4 is 0 Å². The number of ether oxygens (including phenoxy) is 1. The molecule has 0 spiro atoms. The summed E-state index contributed by atoms with van der Waals surface area (Å²) in [4.78, 5) is 0. The number of hydrogen-bond donors (Lipinski definition) is 5. The van der Waals surface area contributed by atoms with E-state index in [1.54, 1.807) is 6.20 Å². The van der Waals surface area contributed by atoms with E-state index in [-0.39, 0.29) is 5.92 Å². The first kappa shape index (κ1) is 21.2. The van der Waals surface area contributed by atoms with Crippen LogP contribution >= 0.6 is 0 Å². The monoisotopic (exact) mass is 371 g/mol. The second kappa shape index (κ2) is 10.9. The predicted molar refractivity (Wildman–Crippen MR) is 95.5 cm³/mol. The molecule has 1 aliphatic heterocycles. The number of hydrogen-bond acceptors (Lipinski definition) is 7. The second-order valence-corrected chi connectivity index (χ2v) is 7.25. The SMILES string of the molecule is CCCCCCCCC(CC1O[C@H](CO)[C@@H](O)[C@H](O)[C@H]1O)c1c[nH]nn1. The van der Waals surface area contributed by atoms with E-state index in [1.807, 2.05) is 0 Å². The minimum absolute atomic E-state index is 0.0290. The fourth-order valence-corrected chi connectivity index (χ4v) is 3.62. The Hall–Kier alpha value is -1.06. The summed E-state index contributed by atoms with van der Waals surface area (Å²) < 4.78 is 5.65. The largest absolute Gasteiger partial charge is 0.394 e. The number of aliphatic hydroxyl groups is 4.